The van der Waals surface area contributed by atoms with Crippen LogP contribution in [-0.4, -0.2) is 36.1 Å². The quantitative estimate of drug-likeness (QED) is 0.706. The summed E-state index contributed by atoms with van der Waals surface area (Å²) in [6.45, 7) is 1.62. The first kappa shape index (κ1) is 15.9. The number of aromatic nitrogens is 1. The molecule has 0 bridgehead atoms. The Morgan fingerprint density at radius 2 is 1.95 bits per heavy atom. The van der Waals surface area contributed by atoms with Crippen molar-refractivity contribution in [1.82, 2.24) is 9.88 Å². The van der Waals surface area contributed by atoms with Gasteiger partial charge in [0.05, 0.1) is 12.2 Å². The maximum Gasteiger partial charge on any atom is 0.255 e. The predicted molar refractivity (Wildman–Crippen MR) is 90.0 cm³/mol. The molecule has 2 aromatic rings. The molecule has 2 rings (SSSR count). The predicted octanol–water partition coefficient (Wildman–Crippen LogP) is 2.98. The smallest absolute Gasteiger partial charge is 0.255 e. The van der Waals surface area contributed by atoms with E-state index in [0.717, 1.165) is 14.7 Å². The van der Waals surface area contributed by atoms with Gasteiger partial charge in [-0.3, -0.25) is 9.78 Å². The van der Waals surface area contributed by atoms with Crippen LogP contribution >= 0.6 is 22.6 Å². The van der Waals surface area contributed by atoms with E-state index in [4.69, 9.17) is 4.74 Å². The maximum absolute atomic E-state index is 12.7. The summed E-state index contributed by atoms with van der Waals surface area (Å²) in [7, 11) is 1.64. The average Bonchev–Trinajstić information content (AvgIpc) is 2.52. The van der Waals surface area contributed by atoms with Gasteiger partial charge in [-0.1, -0.05) is 12.1 Å². The molecule has 0 aliphatic rings. The van der Waals surface area contributed by atoms with Crippen LogP contribution in [0.25, 0.3) is 0 Å². The normalized spacial score (nSPS) is 10.4. The molecule has 1 aromatic carbocycles. The number of carbonyl (C=O) groups excluding carboxylic acids is 1. The molecular weight excluding hydrogens is 379 g/mol. The third-order valence-corrected chi connectivity index (χ3v) is 4.02. The summed E-state index contributed by atoms with van der Waals surface area (Å²) in [5.74, 6) is 0.0221. The van der Waals surface area contributed by atoms with Crippen LogP contribution in [0.5, 0.6) is 0 Å². The van der Waals surface area contributed by atoms with Crippen molar-refractivity contribution >= 4 is 28.5 Å². The Hall–Kier alpha value is -1.47. The number of methoxy groups -OCH3 is 1. The van der Waals surface area contributed by atoms with E-state index in [1.54, 1.807) is 24.4 Å². The first-order chi connectivity index (χ1) is 10.2. The van der Waals surface area contributed by atoms with E-state index in [1.807, 2.05) is 36.4 Å². The Balaban J connectivity index is 2.19. The first-order valence-electron chi connectivity index (χ1n) is 6.64. The molecule has 0 atom stereocenters. The first-order valence-corrected chi connectivity index (χ1v) is 7.72. The summed E-state index contributed by atoms with van der Waals surface area (Å²) in [5, 5.41) is 0. The van der Waals surface area contributed by atoms with Crippen LogP contribution < -0.4 is 0 Å². The zero-order valence-corrected chi connectivity index (χ0v) is 14.0. The van der Waals surface area contributed by atoms with E-state index in [1.165, 1.54) is 0 Å². The number of rotatable bonds is 6. The highest BCUT2D eigenvalue weighted by Crippen LogP contribution is 2.15. The standard InChI is InChI=1S/C16H17IN2O2/c1-21-11-10-19(12-13-6-8-18-9-7-13)16(20)14-4-2-3-5-15(14)17/h2-9H,10-12H2,1H3. The zero-order chi connectivity index (χ0) is 15.1. The fourth-order valence-corrected chi connectivity index (χ4v) is 2.59. The zero-order valence-electron chi connectivity index (χ0n) is 11.8. The number of carbonyl (C=O) groups is 1. The van der Waals surface area contributed by atoms with Crippen molar-refractivity contribution < 1.29 is 9.53 Å². The number of benzene rings is 1. The maximum atomic E-state index is 12.7. The summed E-state index contributed by atoms with van der Waals surface area (Å²) < 4.78 is 6.07. The molecule has 0 aliphatic heterocycles. The lowest BCUT2D eigenvalue weighted by atomic mass is 10.1. The van der Waals surface area contributed by atoms with Crippen molar-refractivity contribution in [3.8, 4) is 0 Å². The number of hydrogen-bond acceptors (Lipinski definition) is 3. The third kappa shape index (κ3) is 4.50. The van der Waals surface area contributed by atoms with Gasteiger partial charge < -0.3 is 9.64 Å². The Morgan fingerprint density at radius 1 is 1.24 bits per heavy atom. The lowest BCUT2D eigenvalue weighted by Gasteiger charge is -2.23. The van der Waals surface area contributed by atoms with Crippen LogP contribution in [0.3, 0.4) is 0 Å². The number of amides is 1. The molecule has 0 saturated heterocycles. The van der Waals surface area contributed by atoms with Gasteiger partial charge in [-0.2, -0.15) is 0 Å². The Labute approximate surface area is 138 Å². The highest BCUT2D eigenvalue weighted by molar-refractivity contribution is 14.1. The van der Waals surface area contributed by atoms with Gasteiger partial charge in [-0.25, -0.2) is 0 Å². The summed E-state index contributed by atoms with van der Waals surface area (Å²) in [5.41, 5.74) is 1.78. The summed E-state index contributed by atoms with van der Waals surface area (Å²) in [6.07, 6.45) is 3.47. The number of halogens is 1. The highest BCUT2D eigenvalue weighted by Gasteiger charge is 2.18. The minimum atomic E-state index is 0.0221. The molecule has 1 amide bonds. The second-order valence-electron chi connectivity index (χ2n) is 4.55. The summed E-state index contributed by atoms with van der Waals surface area (Å²) in [6, 6.07) is 11.5. The van der Waals surface area contributed by atoms with Gasteiger partial charge >= 0.3 is 0 Å². The van der Waals surface area contributed by atoms with Crippen LogP contribution in [-0.2, 0) is 11.3 Å². The fourth-order valence-electron chi connectivity index (χ4n) is 1.97. The number of ether oxygens (including phenoxy) is 1. The minimum Gasteiger partial charge on any atom is -0.383 e. The van der Waals surface area contributed by atoms with Crippen LogP contribution in [0.2, 0.25) is 0 Å². The molecule has 0 unspecified atom stereocenters. The van der Waals surface area contributed by atoms with E-state index in [0.29, 0.717) is 19.7 Å². The molecule has 4 nitrogen and oxygen atoms in total. The molecule has 21 heavy (non-hydrogen) atoms. The van der Waals surface area contributed by atoms with Gasteiger partial charge in [0.15, 0.2) is 0 Å². The Kier molecular flexibility index (Phi) is 6.13. The van der Waals surface area contributed by atoms with Crippen LogP contribution in [0.1, 0.15) is 15.9 Å². The molecule has 0 N–H and O–H groups in total. The van der Waals surface area contributed by atoms with E-state index in [9.17, 15) is 4.79 Å². The molecule has 0 aliphatic carbocycles. The Bertz CT molecular complexity index is 590. The molecule has 0 radical (unpaired) electrons. The van der Waals surface area contributed by atoms with Crippen molar-refractivity contribution in [2.45, 2.75) is 6.54 Å². The largest absolute Gasteiger partial charge is 0.383 e. The van der Waals surface area contributed by atoms with Crippen molar-refractivity contribution in [3.63, 3.8) is 0 Å². The van der Waals surface area contributed by atoms with Crippen LogP contribution in [0.4, 0.5) is 0 Å². The monoisotopic (exact) mass is 396 g/mol. The molecule has 0 fully saturated rings. The number of pyridine rings is 1. The van der Waals surface area contributed by atoms with E-state index < -0.39 is 0 Å². The van der Waals surface area contributed by atoms with E-state index in [-0.39, 0.29) is 5.91 Å². The van der Waals surface area contributed by atoms with Gasteiger partial charge in [0, 0.05) is 36.2 Å². The summed E-state index contributed by atoms with van der Waals surface area (Å²) in [4.78, 5) is 18.5. The second-order valence-corrected chi connectivity index (χ2v) is 5.72. The van der Waals surface area contributed by atoms with Gasteiger partial charge in [-0.15, -0.1) is 0 Å². The molecule has 110 valence electrons. The summed E-state index contributed by atoms with van der Waals surface area (Å²) >= 11 is 2.19. The third-order valence-electron chi connectivity index (χ3n) is 3.08. The SMILES string of the molecule is COCCN(Cc1ccncc1)C(=O)c1ccccc1I. The molecule has 0 spiro atoms. The Morgan fingerprint density at radius 3 is 2.62 bits per heavy atom. The topological polar surface area (TPSA) is 42.4 Å². The molecule has 1 heterocycles. The lowest BCUT2D eigenvalue weighted by Crippen LogP contribution is -2.33. The van der Waals surface area contributed by atoms with Crippen molar-refractivity contribution in [2.24, 2.45) is 0 Å². The fraction of sp³-hybridized carbons (Fsp3) is 0.250. The van der Waals surface area contributed by atoms with Gasteiger partial charge in [0.1, 0.15) is 0 Å². The van der Waals surface area contributed by atoms with Gasteiger partial charge in [0.25, 0.3) is 5.91 Å². The highest BCUT2D eigenvalue weighted by atomic mass is 127. The van der Waals surface area contributed by atoms with Crippen molar-refractivity contribution in [1.29, 1.82) is 0 Å². The molecule has 0 saturated carbocycles. The average molecular weight is 396 g/mol. The van der Waals surface area contributed by atoms with Crippen LogP contribution in [0, 0.1) is 3.57 Å². The number of nitrogens with zero attached hydrogens (tertiary/aromatic N) is 2. The van der Waals surface area contributed by atoms with Gasteiger partial charge in [0.2, 0.25) is 0 Å². The lowest BCUT2D eigenvalue weighted by molar-refractivity contribution is 0.0679. The van der Waals surface area contributed by atoms with Gasteiger partial charge in [-0.05, 0) is 52.4 Å². The van der Waals surface area contributed by atoms with E-state index >= 15 is 0 Å². The van der Waals surface area contributed by atoms with Crippen molar-refractivity contribution in [2.75, 3.05) is 20.3 Å². The van der Waals surface area contributed by atoms with E-state index in [2.05, 4.69) is 27.6 Å². The molecule has 1 aromatic heterocycles. The molecule has 5 heteroatoms. The number of hydrogen-bond donors (Lipinski definition) is 0. The second kappa shape index (κ2) is 8.09. The molecular formula is C16H17IN2O2. The minimum absolute atomic E-state index is 0.0221. The van der Waals surface area contributed by atoms with Crippen LogP contribution in [0.15, 0.2) is 48.8 Å². The van der Waals surface area contributed by atoms with Crippen molar-refractivity contribution in [3.05, 3.63) is 63.5 Å².